The van der Waals surface area contributed by atoms with Gasteiger partial charge in [0.25, 0.3) is 0 Å². The molecule has 3 aromatic carbocycles. The second-order valence-electron chi connectivity index (χ2n) is 6.52. The molecule has 0 fully saturated rings. The Balaban J connectivity index is 2.09. The van der Waals surface area contributed by atoms with Gasteiger partial charge < -0.3 is 19.5 Å². The van der Waals surface area contributed by atoms with Crippen LogP contribution in [0.1, 0.15) is 5.56 Å². The lowest BCUT2D eigenvalue weighted by Crippen LogP contribution is -2.12. The minimum Gasteiger partial charge on any atom is -0.508 e. The first-order valence-electron chi connectivity index (χ1n) is 9.26. The number of anilines is 3. The van der Waals surface area contributed by atoms with Gasteiger partial charge in [0, 0.05) is 23.0 Å². The van der Waals surface area contributed by atoms with Crippen molar-refractivity contribution in [3.05, 3.63) is 78.5 Å². The number of rotatable bonds is 5. The van der Waals surface area contributed by atoms with Gasteiger partial charge in [-0.25, -0.2) is 0 Å². The second-order valence-corrected chi connectivity index (χ2v) is 6.52. The Labute approximate surface area is 174 Å². The van der Waals surface area contributed by atoms with Gasteiger partial charge in [-0.2, -0.15) is 5.26 Å². The topological polar surface area (TPSA) is 78.6 Å². The summed E-state index contributed by atoms with van der Waals surface area (Å²) in [4.78, 5) is 6.45. The normalized spacial score (nSPS) is 10.4. The van der Waals surface area contributed by atoms with Gasteiger partial charge in [-0.3, -0.25) is 4.98 Å². The summed E-state index contributed by atoms with van der Waals surface area (Å²) in [6.45, 7) is 0. The molecule has 30 heavy (non-hydrogen) atoms. The first-order chi connectivity index (χ1) is 14.7. The summed E-state index contributed by atoms with van der Waals surface area (Å²) in [7, 11) is 3.13. The first kappa shape index (κ1) is 19.1. The maximum atomic E-state index is 9.88. The van der Waals surface area contributed by atoms with Crippen molar-refractivity contribution >= 4 is 28.0 Å². The third kappa shape index (κ3) is 3.23. The zero-order valence-corrected chi connectivity index (χ0v) is 16.5. The van der Waals surface area contributed by atoms with Crippen LogP contribution in [0.4, 0.5) is 17.1 Å². The molecule has 0 aliphatic carbocycles. The van der Waals surface area contributed by atoms with Crippen LogP contribution in [-0.2, 0) is 0 Å². The molecular formula is C24H19N3O3. The summed E-state index contributed by atoms with van der Waals surface area (Å²) < 4.78 is 11.0. The largest absolute Gasteiger partial charge is 0.508 e. The second kappa shape index (κ2) is 8.02. The minimum atomic E-state index is 0.165. The van der Waals surface area contributed by atoms with E-state index in [1.807, 2.05) is 41.3 Å². The molecule has 6 nitrogen and oxygen atoms in total. The number of methoxy groups -OCH3 is 2. The molecule has 4 rings (SSSR count). The maximum Gasteiger partial charge on any atom is 0.187 e. The van der Waals surface area contributed by atoms with Gasteiger partial charge in [0.05, 0.1) is 25.5 Å². The van der Waals surface area contributed by atoms with Crippen molar-refractivity contribution in [3.63, 3.8) is 0 Å². The van der Waals surface area contributed by atoms with Gasteiger partial charge in [0.2, 0.25) is 0 Å². The lowest BCUT2D eigenvalue weighted by atomic mass is 10.1. The van der Waals surface area contributed by atoms with Gasteiger partial charge in [0.1, 0.15) is 17.3 Å². The third-order valence-corrected chi connectivity index (χ3v) is 4.82. The number of nitriles is 1. The van der Waals surface area contributed by atoms with Crippen molar-refractivity contribution in [2.24, 2.45) is 0 Å². The number of para-hydroxylation sites is 1. The smallest absolute Gasteiger partial charge is 0.187 e. The van der Waals surface area contributed by atoms with E-state index in [4.69, 9.17) is 9.47 Å². The lowest BCUT2D eigenvalue weighted by Gasteiger charge is -2.27. The zero-order chi connectivity index (χ0) is 21.1. The SMILES string of the molecule is COc1ccc2c(N(c3ccccc3)c3ccc(O)cc3)c(C#N)cnc2c1OC. The van der Waals surface area contributed by atoms with Crippen LogP contribution in [0.15, 0.2) is 72.9 Å². The predicted molar refractivity (Wildman–Crippen MR) is 116 cm³/mol. The van der Waals surface area contributed by atoms with Crippen LogP contribution in [-0.4, -0.2) is 24.3 Å². The number of pyridine rings is 1. The Morgan fingerprint density at radius 3 is 2.23 bits per heavy atom. The van der Waals surface area contributed by atoms with Crippen molar-refractivity contribution in [1.29, 1.82) is 5.26 Å². The highest BCUT2D eigenvalue weighted by atomic mass is 16.5. The van der Waals surface area contributed by atoms with Crippen molar-refractivity contribution in [3.8, 4) is 23.3 Å². The molecular weight excluding hydrogens is 378 g/mol. The van der Waals surface area contributed by atoms with E-state index >= 15 is 0 Å². The number of fused-ring (bicyclic) bond motifs is 1. The Hall–Kier alpha value is -4.24. The summed E-state index contributed by atoms with van der Waals surface area (Å²) in [6.07, 6.45) is 1.54. The minimum absolute atomic E-state index is 0.165. The number of aromatic hydroxyl groups is 1. The molecule has 1 aromatic heterocycles. The number of hydrogen-bond donors (Lipinski definition) is 1. The average Bonchev–Trinajstić information content (AvgIpc) is 2.80. The number of hydrogen-bond acceptors (Lipinski definition) is 6. The van der Waals surface area contributed by atoms with Crippen LogP contribution in [0.2, 0.25) is 0 Å². The van der Waals surface area contributed by atoms with Gasteiger partial charge in [-0.1, -0.05) is 18.2 Å². The fourth-order valence-corrected chi connectivity index (χ4v) is 3.47. The third-order valence-electron chi connectivity index (χ3n) is 4.82. The number of phenols is 1. The Morgan fingerprint density at radius 1 is 0.900 bits per heavy atom. The molecule has 0 saturated heterocycles. The molecule has 0 aliphatic heterocycles. The summed E-state index contributed by atoms with van der Waals surface area (Å²) in [5, 5.41) is 20.4. The van der Waals surface area contributed by atoms with Crippen LogP contribution in [0.25, 0.3) is 10.9 Å². The van der Waals surface area contributed by atoms with E-state index in [2.05, 4.69) is 11.1 Å². The monoisotopic (exact) mass is 397 g/mol. The molecule has 0 atom stereocenters. The molecule has 0 spiro atoms. The van der Waals surface area contributed by atoms with Crippen LogP contribution >= 0.6 is 0 Å². The molecule has 148 valence electrons. The standard InChI is InChI=1S/C24H19N3O3/c1-29-21-13-12-20-22(24(21)30-2)26-15-16(14-25)23(20)27(17-6-4-3-5-7-17)18-8-10-19(28)11-9-18/h3-13,15,28H,1-2H3. The van der Waals surface area contributed by atoms with E-state index < -0.39 is 0 Å². The molecule has 0 bridgehead atoms. The Bertz CT molecular complexity index is 1230. The number of aromatic nitrogens is 1. The van der Waals surface area contributed by atoms with Crippen molar-refractivity contribution in [2.75, 3.05) is 19.1 Å². The molecule has 0 radical (unpaired) electrons. The molecule has 1 heterocycles. The molecule has 6 heteroatoms. The Morgan fingerprint density at radius 2 is 1.60 bits per heavy atom. The molecule has 0 amide bonds. The highest BCUT2D eigenvalue weighted by Crippen LogP contribution is 2.44. The summed E-state index contributed by atoms with van der Waals surface area (Å²) in [6, 6.07) is 22.5. The summed E-state index contributed by atoms with van der Waals surface area (Å²) in [5.74, 6) is 1.22. The van der Waals surface area contributed by atoms with E-state index in [0.717, 1.165) is 16.8 Å². The zero-order valence-electron chi connectivity index (χ0n) is 16.5. The number of nitrogens with zero attached hydrogens (tertiary/aromatic N) is 3. The lowest BCUT2D eigenvalue weighted by molar-refractivity contribution is 0.358. The van der Waals surface area contributed by atoms with Crippen LogP contribution in [0.5, 0.6) is 17.2 Å². The first-order valence-corrected chi connectivity index (χ1v) is 9.26. The summed E-state index contributed by atoms with van der Waals surface area (Å²) in [5.41, 5.74) is 3.32. The maximum absolute atomic E-state index is 9.88. The molecule has 0 saturated carbocycles. The molecule has 0 aliphatic rings. The number of benzene rings is 3. The van der Waals surface area contributed by atoms with Crippen molar-refractivity contribution < 1.29 is 14.6 Å². The van der Waals surface area contributed by atoms with E-state index in [9.17, 15) is 10.4 Å². The fraction of sp³-hybridized carbons (Fsp3) is 0.0833. The van der Waals surface area contributed by atoms with Crippen LogP contribution in [0.3, 0.4) is 0 Å². The van der Waals surface area contributed by atoms with Crippen LogP contribution < -0.4 is 14.4 Å². The highest BCUT2D eigenvalue weighted by molar-refractivity contribution is 6.02. The Kier molecular flexibility index (Phi) is 5.10. The van der Waals surface area contributed by atoms with Crippen molar-refractivity contribution in [1.82, 2.24) is 4.98 Å². The van der Waals surface area contributed by atoms with E-state index in [-0.39, 0.29) is 5.75 Å². The molecule has 1 N–H and O–H groups in total. The number of phenolic OH excluding ortho intramolecular Hbond substituents is 1. The molecule has 0 unspecified atom stereocenters. The van der Waals surface area contributed by atoms with Gasteiger partial charge in [-0.15, -0.1) is 0 Å². The van der Waals surface area contributed by atoms with Gasteiger partial charge in [0.15, 0.2) is 11.5 Å². The molecule has 4 aromatic rings. The quantitative estimate of drug-likeness (QED) is 0.492. The fourth-order valence-electron chi connectivity index (χ4n) is 3.47. The van der Waals surface area contributed by atoms with E-state index in [1.54, 1.807) is 44.6 Å². The van der Waals surface area contributed by atoms with E-state index in [1.165, 1.54) is 6.20 Å². The number of ether oxygens (including phenoxy) is 2. The van der Waals surface area contributed by atoms with Gasteiger partial charge >= 0.3 is 0 Å². The van der Waals surface area contributed by atoms with Crippen LogP contribution in [0, 0.1) is 11.3 Å². The predicted octanol–water partition coefficient (Wildman–Crippen LogP) is 5.30. The van der Waals surface area contributed by atoms with Crippen molar-refractivity contribution in [2.45, 2.75) is 0 Å². The average molecular weight is 397 g/mol. The van der Waals surface area contributed by atoms with E-state index in [0.29, 0.717) is 28.3 Å². The van der Waals surface area contributed by atoms with Gasteiger partial charge in [-0.05, 0) is 48.5 Å². The summed E-state index contributed by atoms with van der Waals surface area (Å²) >= 11 is 0. The highest BCUT2D eigenvalue weighted by Gasteiger charge is 2.22.